The number of benzene rings is 1. The maximum absolute atomic E-state index is 12.4. The number of nitrogens with one attached hydrogen (secondary N) is 1. The molecule has 1 aromatic heterocycles. The third-order valence-corrected chi connectivity index (χ3v) is 5.38. The summed E-state index contributed by atoms with van der Waals surface area (Å²) in [6.07, 6.45) is 3.57. The van der Waals surface area contributed by atoms with Crippen molar-refractivity contribution in [1.29, 1.82) is 0 Å². The quantitative estimate of drug-likeness (QED) is 0.588. The number of nitrogens with zero attached hydrogens (tertiary/aromatic N) is 3. The molecule has 2 aromatic rings. The van der Waals surface area contributed by atoms with E-state index in [1.807, 2.05) is 6.07 Å². The fraction of sp³-hybridized carbons (Fsp3) is 0.450. The summed E-state index contributed by atoms with van der Waals surface area (Å²) in [7, 11) is 0. The second-order valence-corrected chi connectivity index (χ2v) is 7.23. The van der Waals surface area contributed by atoms with Gasteiger partial charge in [0.2, 0.25) is 0 Å². The van der Waals surface area contributed by atoms with Crippen LogP contribution in [-0.2, 0) is 4.74 Å². The van der Waals surface area contributed by atoms with E-state index in [0.29, 0.717) is 44.2 Å². The molecular weight excluding hydrogens is 376 g/mol. The lowest BCUT2D eigenvalue weighted by Crippen LogP contribution is -2.48. The number of carbonyl (C=O) groups excluding carboxylic acids is 1. The van der Waals surface area contributed by atoms with Crippen molar-refractivity contribution in [3.05, 3.63) is 52.5 Å². The van der Waals surface area contributed by atoms with Gasteiger partial charge in [-0.25, -0.2) is 0 Å². The number of carbonyl (C=O) groups is 1. The van der Waals surface area contributed by atoms with Gasteiger partial charge in [0.15, 0.2) is 5.76 Å². The van der Waals surface area contributed by atoms with Crippen LogP contribution in [0.3, 0.4) is 0 Å². The number of nitro groups is 1. The van der Waals surface area contributed by atoms with Crippen LogP contribution >= 0.6 is 0 Å². The zero-order valence-corrected chi connectivity index (χ0v) is 16.1. The Hall–Kier alpha value is -3.07. The van der Waals surface area contributed by atoms with Crippen LogP contribution in [0.15, 0.2) is 41.0 Å². The lowest BCUT2D eigenvalue weighted by Gasteiger charge is -2.35. The normalized spacial score (nSPS) is 19.4. The fourth-order valence-corrected chi connectivity index (χ4v) is 3.77. The third kappa shape index (κ3) is 4.34. The summed E-state index contributed by atoms with van der Waals surface area (Å²) in [5.41, 5.74) is 1.45. The Balaban J connectivity index is 1.42. The Morgan fingerprint density at radius 3 is 2.72 bits per heavy atom. The van der Waals surface area contributed by atoms with E-state index in [2.05, 4.69) is 10.2 Å². The summed E-state index contributed by atoms with van der Waals surface area (Å²) in [5, 5.41) is 14.6. The van der Waals surface area contributed by atoms with Gasteiger partial charge in [-0.15, -0.1) is 0 Å². The van der Waals surface area contributed by atoms with Gasteiger partial charge in [0.1, 0.15) is 5.69 Å². The van der Waals surface area contributed by atoms with Crippen molar-refractivity contribution >= 4 is 23.0 Å². The van der Waals surface area contributed by atoms with Crippen LogP contribution in [-0.4, -0.2) is 61.2 Å². The number of hydrogen-bond acceptors (Lipinski definition) is 7. The number of nitro benzene ring substituents is 1. The highest BCUT2D eigenvalue weighted by Gasteiger charge is 2.25. The molecule has 0 aliphatic carbocycles. The molecule has 9 nitrogen and oxygen atoms in total. The summed E-state index contributed by atoms with van der Waals surface area (Å²) < 4.78 is 10.8. The molecule has 2 saturated heterocycles. The summed E-state index contributed by atoms with van der Waals surface area (Å²) >= 11 is 0. The average molecular weight is 400 g/mol. The van der Waals surface area contributed by atoms with Crippen molar-refractivity contribution in [2.75, 3.05) is 49.5 Å². The molecule has 1 aromatic carbocycles. The highest BCUT2D eigenvalue weighted by Crippen LogP contribution is 2.30. The minimum atomic E-state index is -0.373. The van der Waals surface area contributed by atoms with Gasteiger partial charge in [-0.2, -0.15) is 0 Å². The van der Waals surface area contributed by atoms with E-state index in [4.69, 9.17) is 9.15 Å². The minimum absolute atomic E-state index is 0.0541. The fourth-order valence-electron chi connectivity index (χ4n) is 3.77. The van der Waals surface area contributed by atoms with Gasteiger partial charge in [-0.1, -0.05) is 0 Å². The van der Waals surface area contributed by atoms with Gasteiger partial charge >= 0.3 is 0 Å². The number of ether oxygens (including phenoxy) is 1. The van der Waals surface area contributed by atoms with E-state index >= 15 is 0 Å². The first-order valence-corrected chi connectivity index (χ1v) is 9.83. The number of anilines is 2. The predicted molar refractivity (Wildman–Crippen MR) is 107 cm³/mol. The zero-order chi connectivity index (χ0) is 20.2. The van der Waals surface area contributed by atoms with Crippen LogP contribution in [0.5, 0.6) is 0 Å². The van der Waals surface area contributed by atoms with E-state index in [1.54, 1.807) is 23.1 Å². The summed E-state index contributed by atoms with van der Waals surface area (Å²) in [5.74, 6) is 0.228. The lowest BCUT2D eigenvalue weighted by molar-refractivity contribution is -0.383. The molecule has 4 rings (SSSR count). The largest absolute Gasteiger partial charge is 0.459 e. The Morgan fingerprint density at radius 2 is 2.07 bits per heavy atom. The molecule has 0 unspecified atom stereocenters. The molecule has 154 valence electrons. The molecule has 2 aliphatic rings. The Kier molecular flexibility index (Phi) is 5.66. The van der Waals surface area contributed by atoms with Crippen molar-refractivity contribution in [2.45, 2.75) is 18.9 Å². The molecule has 0 saturated carbocycles. The van der Waals surface area contributed by atoms with Gasteiger partial charge < -0.3 is 24.3 Å². The minimum Gasteiger partial charge on any atom is -0.459 e. The predicted octanol–water partition coefficient (Wildman–Crippen LogP) is 2.74. The smallest absolute Gasteiger partial charge is 0.292 e. The molecule has 9 heteroatoms. The van der Waals surface area contributed by atoms with Crippen LogP contribution in [0.1, 0.15) is 23.4 Å². The number of furan rings is 1. The van der Waals surface area contributed by atoms with Crippen molar-refractivity contribution in [1.82, 2.24) is 4.90 Å². The first-order valence-electron chi connectivity index (χ1n) is 9.83. The van der Waals surface area contributed by atoms with Crippen LogP contribution in [0.4, 0.5) is 17.1 Å². The van der Waals surface area contributed by atoms with E-state index in [0.717, 1.165) is 25.1 Å². The van der Waals surface area contributed by atoms with Gasteiger partial charge in [0.05, 0.1) is 17.3 Å². The highest BCUT2D eigenvalue weighted by atomic mass is 16.6. The van der Waals surface area contributed by atoms with Gasteiger partial charge in [0.25, 0.3) is 11.6 Å². The van der Waals surface area contributed by atoms with Crippen molar-refractivity contribution < 1.29 is 18.9 Å². The maximum atomic E-state index is 12.4. The van der Waals surface area contributed by atoms with Crippen LogP contribution < -0.4 is 10.2 Å². The standard InChI is InChI=1S/C20H24N4O5/c25-20(19-4-2-12-29-19)23-9-7-22(8-10-23)15-5-6-18(24(26)27)17(13-15)21-14-16-3-1-11-28-16/h2,4-6,12-13,16,21H,1,3,7-11,14H2/t16-/m0/s1. The lowest BCUT2D eigenvalue weighted by atomic mass is 10.2. The highest BCUT2D eigenvalue weighted by molar-refractivity contribution is 5.91. The van der Waals surface area contributed by atoms with E-state index in [1.165, 1.54) is 12.3 Å². The van der Waals surface area contributed by atoms with Crippen LogP contribution in [0, 0.1) is 10.1 Å². The summed E-state index contributed by atoms with van der Waals surface area (Å²) in [6, 6.07) is 8.48. The molecule has 0 bridgehead atoms. The monoisotopic (exact) mass is 400 g/mol. The van der Waals surface area contributed by atoms with E-state index in [-0.39, 0.29) is 22.6 Å². The molecule has 1 atom stereocenters. The Labute approximate surface area is 168 Å². The topological polar surface area (TPSA) is 101 Å². The van der Waals surface area contributed by atoms with Gasteiger partial charge in [-0.3, -0.25) is 14.9 Å². The average Bonchev–Trinajstić information content (AvgIpc) is 3.45. The first kappa shape index (κ1) is 19.3. The maximum Gasteiger partial charge on any atom is 0.292 e. The molecule has 1 N–H and O–H groups in total. The van der Waals surface area contributed by atoms with E-state index < -0.39 is 0 Å². The number of amides is 1. The summed E-state index contributed by atoms with van der Waals surface area (Å²) in [6.45, 7) is 3.72. The molecule has 0 spiro atoms. The molecule has 2 aliphatic heterocycles. The van der Waals surface area contributed by atoms with Crippen LogP contribution in [0.25, 0.3) is 0 Å². The van der Waals surface area contributed by atoms with Gasteiger partial charge in [0, 0.05) is 51.1 Å². The molecule has 29 heavy (non-hydrogen) atoms. The Morgan fingerprint density at radius 1 is 1.24 bits per heavy atom. The molecule has 3 heterocycles. The van der Waals surface area contributed by atoms with Crippen molar-refractivity contribution in [3.8, 4) is 0 Å². The van der Waals surface area contributed by atoms with Gasteiger partial charge in [-0.05, 0) is 37.1 Å². The number of hydrogen-bond donors (Lipinski definition) is 1. The molecule has 2 fully saturated rings. The number of piperazine rings is 1. The molecular formula is C20H24N4O5. The molecule has 0 radical (unpaired) electrons. The van der Waals surface area contributed by atoms with Crippen molar-refractivity contribution in [3.63, 3.8) is 0 Å². The van der Waals surface area contributed by atoms with Crippen LogP contribution in [0.2, 0.25) is 0 Å². The van der Waals surface area contributed by atoms with Crippen molar-refractivity contribution in [2.24, 2.45) is 0 Å². The third-order valence-electron chi connectivity index (χ3n) is 5.38. The second kappa shape index (κ2) is 8.52. The molecule has 1 amide bonds. The SMILES string of the molecule is O=C(c1ccco1)N1CCN(c2ccc([N+](=O)[O-])c(NC[C@@H]3CCCO3)c2)CC1. The first-order chi connectivity index (χ1) is 14.1. The Bertz CT molecular complexity index is 856. The number of rotatable bonds is 6. The summed E-state index contributed by atoms with van der Waals surface area (Å²) in [4.78, 5) is 27.3. The zero-order valence-electron chi connectivity index (χ0n) is 16.1. The second-order valence-electron chi connectivity index (χ2n) is 7.23. The van der Waals surface area contributed by atoms with E-state index in [9.17, 15) is 14.9 Å².